The molecule has 260 valence electrons. The van der Waals surface area contributed by atoms with Crippen LogP contribution in [-0.2, 0) is 40.0 Å². The highest BCUT2D eigenvalue weighted by Crippen LogP contribution is 2.29. The molecule has 0 saturated carbocycles. The Labute approximate surface area is 295 Å². The van der Waals surface area contributed by atoms with E-state index in [4.69, 9.17) is 14.9 Å². The standard InChI is InChI=1S/C40H42O4.C4H6O2/c1-4-6-28-8-11-34-22-36(17-15-32(34)19-28)37-18-16-33-20-29(9-12-35(33)23-37)7-10-31-13-14-38(21-30(31)5-2)39(25-42)26-44-40(43)27(3)24-41;1-4(2-5)3-6/h8-9,11-23,39,41-42H,3-7,10,24-26H2,1-2H3;2,6H,1,3H2. The third kappa shape index (κ3) is 10.1. The molecule has 0 aliphatic rings. The number of aryl methyl sites for hydroxylation is 4. The van der Waals surface area contributed by atoms with Crippen LogP contribution >= 0.6 is 0 Å². The number of fused-ring (bicyclic) bond motifs is 2. The van der Waals surface area contributed by atoms with Crippen LogP contribution < -0.4 is 0 Å². The first-order valence-corrected chi connectivity index (χ1v) is 17.2. The minimum atomic E-state index is -0.639. The number of rotatable bonds is 15. The summed E-state index contributed by atoms with van der Waals surface area (Å²) in [6, 6.07) is 33.3. The summed E-state index contributed by atoms with van der Waals surface area (Å²) in [7, 11) is 0. The zero-order valence-corrected chi connectivity index (χ0v) is 29.2. The largest absolute Gasteiger partial charge is 0.462 e. The van der Waals surface area contributed by atoms with Gasteiger partial charge in [-0.15, -0.1) is 0 Å². The lowest BCUT2D eigenvalue weighted by Gasteiger charge is -2.18. The van der Waals surface area contributed by atoms with Crippen LogP contribution in [0.1, 0.15) is 54.0 Å². The van der Waals surface area contributed by atoms with Gasteiger partial charge < -0.3 is 20.1 Å². The minimum absolute atomic E-state index is 0.00564. The van der Waals surface area contributed by atoms with Crippen molar-refractivity contribution in [1.82, 2.24) is 0 Å². The predicted molar refractivity (Wildman–Crippen MR) is 203 cm³/mol. The normalized spacial score (nSPS) is 11.5. The zero-order valence-electron chi connectivity index (χ0n) is 29.2. The van der Waals surface area contributed by atoms with Crippen LogP contribution in [0.2, 0.25) is 0 Å². The molecule has 6 heteroatoms. The zero-order chi connectivity index (χ0) is 36.0. The highest BCUT2D eigenvalue weighted by atomic mass is 16.5. The monoisotopic (exact) mass is 672 g/mol. The molecule has 0 fully saturated rings. The Morgan fingerprint density at radius 3 is 1.78 bits per heavy atom. The topological polar surface area (TPSA) is 104 Å². The van der Waals surface area contributed by atoms with Gasteiger partial charge in [0.1, 0.15) is 12.9 Å². The van der Waals surface area contributed by atoms with Crippen LogP contribution in [0.5, 0.6) is 0 Å². The molecule has 5 aromatic carbocycles. The van der Waals surface area contributed by atoms with E-state index in [0.717, 1.165) is 37.7 Å². The minimum Gasteiger partial charge on any atom is -0.462 e. The highest BCUT2D eigenvalue weighted by molar-refractivity contribution is 5.92. The molecule has 0 spiro atoms. The van der Waals surface area contributed by atoms with Crippen LogP contribution in [0.3, 0.4) is 0 Å². The third-order valence-electron chi connectivity index (χ3n) is 8.93. The summed E-state index contributed by atoms with van der Waals surface area (Å²) in [5.41, 5.74) is 8.84. The molecule has 0 saturated heterocycles. The van der Waals surface area contributed by atoms with Crippen LogP contribution in [0.25, 0.3) is 32.7 Å². The summed E-state index contributed by atoms with van der Waals surface area (Å²) in [5.74, 6) is -0.970. The van der Waals surface area contributed by atoms with Crippen LogP contribution in [-0.4, -0.2) is 54.0 Å². The van der Waals surface area contributed by atoms with Gasteiger partial charge in [0.15, 0.2) is 0 Å². The van der Waals surface area contributed by atoms with E-state index in [1.54, 1.807) is 0 Å². The number of hydrogen-bond acceptors (Lipinski definition) is 6. The predicted octanol–water partition coefficient (Wildman–Crippen LogP) is 7.86. The molecule has 50 heavy (non-hydrogen) atoms. The van der Waals surface area contributed by atoms with E-state index in [1.807, 2.05) is 6.07 Å². The van der Waals surface area contributed by atoms with Crippen molar-refractivity contribution in [3.8, 4) is 11.1 Å². The molecule has 0 radical (unpaired) electrons. The van der Waals surface area contributed by atoms with Gasteiger partial charge in [-0.25, -0.2) is 4.79 Å². The van der Waals surface area contributed by atoms with Gasteiger partial charge >= 0.3 is 5.97 Å². The van der Waals surface area contributed by atoms with Crippen LogP contribution in [0, 0.1) is 0 Å². The third-order valence-corrected chi connectivity index (χ3v) is 8.93. The van der Waals surface area contributed by atoms with E-state index >= 15 is 0 Å². The molecule has 1 unspecified atom stereocenters. The summed E-state index contributed by atoms with van der Waals surface area (Å²) in [6.07, 6.45) is 5.52. The van der Waals surface area contributed by atoms with Crippen molar-refractivity contribution in [2.24, 2.45) is 0 Å². The molecule has 0 heterocycles. The molecule has 0 aliphatic carbocycles. The number of aliphatic hydroxyl groups excluding tert-OH is 3. The Kier molecular flexibility index (Phi) is 14.2. The number of carbonyl (C=O) groups is 2. The van der Waals surface area contributed by atoms with Gasteiger partial charge in [-0.1, -0.05) is 112 Å². The van der Waals surface area contributed by atoms with Crippen LogP contribution in [0.15, 0.2) is 115 Å². The number of aliphatic hydroxyl groups is 3. The maximum absolute atomic E-state index is 11.9. The van der Waals surface area contributed by atoms with E-state index in [0.29, 0.717) is 6.29 Å². The molecular formula is C44H48O6. The molecule has 5 rings (SSSR count). The van der Waals surface area contributed by atoms with Gasteiger partial charge in [-0.2, -0.15) is 0 Å². The second kappa shape index (κ2) is 18.8. The number of aldehydes is 1. The molecule has 0 bridgehead atoms. The number of carbonyl (C=O) groups excluding carboxylic acids is 2. The van der Waals surface area contributed by atoms with Crippen molar-refractivity contribution in [3.63, 3.8) is 0 Å². The lowest BCUT2D eigenvalue weighted by molar-refractivity contribution is -0.140. The maximum Gasteiger partial charge on any atom is 0.335 e. The number of ether oxygens (including phenoxy) is 1. The van der Waals surface area contributed by atoms with E-state index < -0.39 is 12.6 Å². The fourth-order valence-electron chi connectivity index (χ4n) is 5.94. The Morgan fingerprint density at radius 1 is 0.700 bits per heavy atom. The summed E-state index contributed by atoms with van der Waals surface area (Å²) in [4.78, 5) is 21.4. The average molecular weight is 673 g/mol. The number of hydrogen-bond donors (Lipinski definition) is 3. The maximum atomic E-state index is 11.9. The molecule has 5 aromatic rings. The molecule has 3 N–H and O–H groups in total. The summed E-state index contributed by atoms with van der Waals surface area (Å²) in [6.45, 7) is 10.2. The summed E-state index contributed by atoms with van der Waals surface area (Å²) < 4.78 is 5.25. The van der Waals surface area contributed by atoms with Gasteiger partial charge in [0, 0.05) is 11.5 Å². The lowest BCUT2D eigenvalue weighted by atomic mass is 9.91. The van der Waals surface area contributed by atoms with Gasteiger partial charge in [-0.05, 0) is 98.3 Å². The van der Waals surface area contributed by atoms with E-state index in [2.05, 4.69) is 112 Å². The Bertz CT molecular complexity index is 1960. The number of benzene rings is 5. The first-order valence-electron chi connectivity index (χ1n) is 17.2. The van der Waals surface area contributed by atoms with Crippen molar-refractivity contribution < 1.29 is 29.6 Å². The van der Waals surface area contributed by atoms with E-state index in [9.17, 15) is 14.7 Å². The SMILES string of the molecule is C=C(C=O)CO.C=C(CO)C(=O)OCC(CO)c1ccc(CCc2ccc3cc(-c4ccc5cc(CCC)ccc5c4)ccc3c2)c(CC)c1. The van der Waals surface area contributed by atoms with Crippen molar-refractivity contribution in [2.75, 3.05) is 26.4 Å². The average Bonchev–Trinajstić information content (AvgIpc) is 3.16. The molecule has 1 atom stereocenters. The van der Waals surface area contributed by atoms with Crippen LogP contribution in [0.4, 0.5) is 0 Å². The highest BCUT2D eigenvalue weighted by Gasteiger charge is 2.17. The van der Waals surface area contributed by atoms with Crippen molar-refractivity contribution in [3.05, 3.63) is 143 Å². The second-order valence-corrected chi connectivity index (χ2v) is 12.6. The quantitative estimate of drug-likeness (QED) is 0.0595. The summed E-state index contributed by atoms with van der Waals surface area (Å²) in [5, 5.41) is 32.1. The number of esters is 1. The molecule has 0 aliphatic heterocycles. The molecule has 6 nitrogen and oxygen atoms in total. The fourth-order valence-corrected chi connectivity index (χ4v) is 5.94. The van der Waals surface area contributed by atoms with Gasteiger partial charge in [0.05, 0.1) is 25.4 Å². The smallest absolute Gasteiger partial charge is 0.335 e. The Balaban J connectivity index is 0.000000860. The van der Waals surface area contributed by atoms with Crippen molar-refractivity contribution in [2.45, 2.75) is 51.9 Å². The first-order chi connectivity index (χ1) is 24.2. The van der Waals surface area contributed by atoms with E-state index in [1.165, 1.54) is 54.9 Å². The fraction of sp³-hybridized carbons (Fsp3) is 0.273. The Hall–Kier alpha value is -4.88. The Morgan fingerprint density at radius 2 is 1.28 bits per heavy atom. The molecule has 0 aromatic heterocycles. The van der Waals surface area contributed by atoms with Crippen molar-refractivity contribution in [1.29, 1.82) is 0 Å². The van der Waals surface area contributed by atoms with Crippen molar-refractivity contribution >= 4 is 33.8 Å². The van der Waals surface area contributed by atoms with E-state index in [-0.39, 0.29) is 36.9 Å². The summed E-state index contributed by atoms with van der Waals surface area (Å²) >= 11 is 0. The lowest BCUT2D eigenvalue weighted by Crippen LogP contribution is -2.18. The molecular weight excluding hydrogens is 624 g/mol. The second-order valence-electron chi connectivity index (χ2n) is 12.6. The van der Waals surface area contributed by atoms with Gasteiger partial charge in [0.2, 0.25) is 0 Å². The van der Waals surface area contributed by atoms with Gasteiger partial charge in [0.25, 0.3) is 0 Å². The molecule has 0 amide bonds. The first kappa shape index (κ1) is 37.9. The van der Waals surface area contributed by atoms with Gasteiger partial charge in [-0.3, -0.25) is 4.79 Å².